The number of aryl methyl sites for hydroxylation is 1. The van der Waals surface area contributed by atoms with Gasteiger partial charge in [0.1, 0.15) is 0 Å². The maximum absolute atomic E-state index is 13.0. The average molecular weight is 347 g/mol. The zero-order valence-electron chi connectivity index (χ0n) is 14.0. The van der Waals surface area contributed by atoms with E-state index in [-0.39, 0.29) is 24.2 Å². The number of hydrogen-bond donors (Lipinski definition) is 1. The first kappa shape index (κ1) is 19.8. The average Bonchev–Trinajstić information content (AvgIpc) is 3.10. The molecule has 3 rings (SSSR count). The van der Waals surface area contributed by atoms with Crippen LogP contribution in [0.25, 0.3) is 0 Å². The number of benzene rings is 1. The molecule has 0 heterocycles. The van der Waals surface area contributed by atoms with Crippen molar-refractivity contribution in [3.63, 3.8) is 0 Å². The van der Waals surface area contributed by atoms with Crippen molar-refractivity contribution in [2.45, 2.75) is 56.8 Å². The fourth-order valence-electron chi connectivity index (χ4n) is 3.12. The summed E-state index contributed by atoms with van der Waals surface area (Å²) in [4.78, 5) is 1.02. The van der Waals surface area contributed by atoms with Crippen LogP contribution in [0.4, 0.5) is 8.78 Å². The molecule has 0 radical (unpaired) electrons. The van der Waals surface area contributed by atoms with Gasteiger partial charge in [-0.3, -0.25) is 0 Å². The molecule has 0 aliphatic heterocycles. The van der Waals surface area contributed by atoms with Gasteiger partial charge in [-0.25, -0.2) is 8.78 Å². The van der Waals surface area contributed by atoms with Gasteiger partial charge in [-0.05, 0) is 62.2 Å². The van der Waals surface area contributed by atoms with E-state index < -0.39 is 5.92 Å². The Morgan fingerprint density at radius 3 is 1.95 bits per heavy atom. The minimum absolute atomic E-state index is 0.0845. The van der Waals surface area contributed by atoms with E-state index in [4.69, 9.17) is 0 Å². The zero-order chi connectivity index (χ0) is 16.8. The lowest BCUT2D eigenvalue weighted by Gasteiger charge is -2.33. The quantitative estimate of drug-likeness (QED) is 0.524. The Balaban J connectivity index is 0.000000194. The van der Waals surface area contributed by atoms with E-state index >= 15 is 0 Å². The predicted octanol–water partition coefficient (Wildman–Crippen LogP) is 6.48. The van der Waals surface area contributed by atoms with Crippen LogP contribution in [-0.4, -0.2) is 18.4 Å². The topological polar surface area (TPSA) is 0 Å². The first-order valence-corrected chi connectivity index (χ1v) is 9.83. The molecule has 1 aromatic carbocycles. The van der Waals surface area contributed by atoms with Crippen LogP contribution in [0.1, 0.15) is 44.6 Å². The number of halogens is 2. The van der Waals surface area contributed by atoms with Crippen molar-refractivity contribution in [3.8, 4) is 0 Å². The molecule has 2 fully saturated rings. The third kappa shape index (κ3) is 7.36. The van der Waals surface area contributed by atoms with Crippen molar-refractivity contribution in [2.75, 3.05) is 12.5 Å². The van der Waals surface area contributed by atoms with Crippen molar-refractivity contribution in [1.29, 1.82) is 0 Å². The van der Waals surface area contributed by atoms with Gasteiger partial charge >= 0.3 is 0 Å². The maximum atomic E-state index is 13.0. The van der Waals surface area contributed by atoms with Gasteiger partial charge in [0.25, 0.3) is 0 Å². The molecule has 4 heteroatoms. The summed E-state index contributed by atoms with van der Waals surface area (Å²) in [5.74, 6) is -2.12. The Kier molecular flexibility index (Phi) is 7.73. The summed E-state index contributed by atoms with van der Waals surface area (Å²) >= 11 is 5.88. The molecule has 0 saturated heterocycles. The van der Waals surface area contributed by atoms with E-state index in [0.29, 0.717) is 0 Å². The summed E-state index contributed by atoms with van der Waals surface area (Å²) in [6.45, 7) is 4.01. The number of alkyl halides is 2. The van der Waals surface area contributed by atoms with E-state index in [9.17, 15) is 8.78 Å². The second kappa shape index (κ2) is 8.58. The predicted molar refractivity (Wildman–Crippen MR) is 97.5 cm³/mol. The second-order valence-corrected chi connectivity index (χ2v) is 8.12. The molecule has 2 saturated carbocycles. The third-order valence-electron chi connectivity index (χ3n) is 4.05. The Labute approximate surface area is 143 Å². The summed E-state index contributed by atoms with van der Waals surface area (Å²) in [7, 11) is 0. The normalized spacial score (nSPS) is 23.7. The summed E-state index contributed by atoms with van der Waals surface area (Å²) in [5.41, 5.74) is 1.36. The van der Waals surface area contributed by atoms with Crippen LogP contribution in [0.3, 0.4) is 0 Å². The van der Waals surface area contributed by atoms with Crippen LogP contribution in [0.2, 0.25) is 0 Å². The Morgan fingerprint density at radius 1 is 1.09 bits per heavy atom. The molecular weight excluding hydrogens is 318 g/mol. The highest BCUT2D eigenvalue weighted by atomic mass is 32.2. The molecule has 0 aromatic heterocycles. The van der Waals surface area contributed by atoms with Crippen LogP contribution in [-0.2, 0) is 0 Å². The van der Waals surface area contributed by atoms with Gasteiger partial charge in [0, 0.05) is 17.7 Å². The molecule has 1 spiro atoms. The van der Waals surface area contributed by atoms with Crippen LogP contribution < -0.4 is 0 Å². The molecule has 1 aromatic rings. The van der Waals surface area contributed by atoms with E-state index in [1.807, 2.05) is 43.7 Å². The second-order valence-electron chi connectivity index (χ2n) is 6.79. The third-order valence-corrected chi connectivity index (χ3v) is 4.35. The molecule has 0 nitrogen and oxygen atoms in total. The molecule has 0 amide bonds. The first-order chi connectivity index (χ1) is 10.2. The summed E-state index contributed by atoms with van der Waals surface area (Å²) in [5, 5.41) is 0. The van der Waals surface area contributed by atoms with Gasteiger partial charge in [0.05, 0.1) is 0 Å². The van der Waals surface area contributed by atoms with Gasteiger partial charge in [-0.1, -0.05) is 24.6 Å². The molecular formula is C18H28F2S2. The van der Waals surface area contributed by atoms with Gasteiger partial charge in [-0.2, -0.15) is 11.8 Å². The van der Waals surface area contributed by atoms with E-state index in [2.05, 4.69) is 19.6 Å². The monoisotopic (exact) mass is 346 g/mol. The smallest absolute Gasteiger partial charge is 0.207 e. The highest BCUT2D eigenvalue weighted by Gasteiger charge is 2.54. The zero-order valence-corrected chi connectivity index (χ0v) is 15.7. The van der Waals surface area contributed by atoms with Gasteiger partial charge in [-0.15, -0.1) is 12.6 Å². The lowest BCUT2D eigenvalue weighted by molar-refractivity contribution is -0.0753. The molecule has 2 aliphatic rings. The highest BCUT2D eigenvalue weighted by molar-refractivity contribution is 7.97. The lowest BCUT2D eigenvalue weighted by atomic mass is 9.78. The van der Waals surface area contributed by atoms with Crippen molar-refractivity contribution in [2.24, 2.45) is 11.3 Å². The Morgan fingerprint density at radius 2 is 1.59 bits per heavy atom. The first-order valence-electron chi connectivity index (χ1n) is 7.75. The Hall–Kier alpha value is -0.220. The van der Waals surface area contributed by atoms with E-state index in [0.717, 1.165) is 24.2 Å². The fraction of sp³-hybridized carbons (Fsp3) is 0.667. The summed E-state index contributed by atoms with van der Waals surface area (Å²) in [6, 6.07) is 8.06. The Bertz CT molecular complexity index is 412. The van der Waals surface area contributed by atoms with Crippen molar-refractivity contribution >= 4 is 24.4 Å². The van der Waals surface area contributed by atoms with Crippen molar-refractivity contribution in [1.82, 2.24) is 0 Å². The maximum Gasteiger partial charge on any atom is 0.248 e. The van der Waals surface area contributed by atoms with Gasteiger partial charge < -0.3 is 0 Å². The van der Waals surface area contributed by atoms with Crippen molar-refractivity contribution in [3.05, 3.63) is 29.8 Å². The van der Waals surface area contributed by atoms with Crippen LogP contribution in [0.15, 0.2) is 29.2 Å². The van der Waals surface area contributed by atoms with Gasteiger partial charge in [0.2, 0.25) is 5.92 Å². The lowest BCUT2D eigenvalue weighted by Crippen LogP contribution is -2.31. The number of rotatable bonds is 0. The molecule has 126 valence electrons. The molecule has 2 aliphatic carbocycles. The number of thiol groups is 1. The SMILES string of the molecule is CC1CC(F)(F)CC2(CC2)C1.CSC.Cc1ccc(S)cc1. The molecule has 0 N–H and O–H groups in total. The minimum Gasteiger partial charge on any atom is -0.207 e. The number of hydrogen-bond acceptors (Lipinski definition) is 2. The van der Waals surface area contributed by atoms with E-state index in [1.165, 1.54) is 5.56 Å². The molecule has 0 bridgehead atoms. The molecule has 22 heavy (non-hydrogen) atoms. The molecule has 1 unspecified atom stereocenters. The van der Waals surface area contributed by atoms with Crippen LogP contribution in [0, 0.1) is 18.3 Å². The van der Waals surface area contributed by atoms with Crippen LogP contribution >= 0.6 is 24.4 Å². The standard InChI is InChI=1S/C9H14F2.C7H8S.C2H6S/c1-7-4-8(2-3-8)6-9(10,11)5-7;1-6-2-4-7(8)5-3-6;1-3-2/h7H,2-6H2,1H3;2-5,8H,1H3;1-2H3. The minimum atomic E-state index is -2.35. The molecule has 1 atom stereocenters. The fourth-order valence-corrected chi connectivity index (χ4v) is 3.27. The largest absolute Gasteiger partial charge is 0.248 e. The van der Waals surface area contributed by atoms with E-state index in [1.54, 1.807) is 11.8 Å². The highest BCUT2D eigenvalue weighted by Crippen LogP contribution is 2.61. The van der Waals surface area contributed by atoms with Gasteiger partial charge in [0.15, 0.2) is 0 Å². The van der Waals surface area contributed by atoms with Crippen molar-refractivity contribution < 1.29 is 8.78 Å². The summed E-state index contributed by atoms with van der Waals surface area (Å²) < 4.78 is 26.0. The summed E-state index contributed by atoms with van der Waals surface area (Å²) in [6.07, 6.45) is 7.52. The van der Waals surface area contributed by atoms with Crippen LogP contribution in [0.5, 0.6) is 0 Å². The number of thioether (sulfide) groups is 1.